The van der Waals surface area contributed by atoms with Gasteiger partial charge in [-0.05, 0) is 48.1 Å². The highest BCUT2D eigenvalue weighted by molar-refractivity contribution is 7.09. The Bertz CT molecular complexity index is 856. The van der Waals surface area contributed by atoms with E-state index in [1.54, 1.807) is 28.8 Å². The number of amides is 1. The van der Waals surface area contributed by atoms with Crippen molar-refractivity contribution in [2.75, 3.05) is 6.54 Å². The molecule has 0 aliphatic rings. The minimum absolute atomic E-state index is 0.0299. The van der Waals surface area contributed by atoms with E-state index >= 15 is 0 Å². The van der Waals surface area contributed by atoms with Gasteiger partial charge in [-0.3, -0.25) is 4.79 Å². The van der Waals surface area contributed by atoms with Gasteiger partial charge in [-0.25, -0.2) is 0 Å². The molecule has 3 rings (SSSR count). The lowest BCUT2D eigenvalue weighted by Gasteiger charge is -2.22. The number of alkyl halides is 3. The van der Waals surface area contributed by atoms with Crippen molar-refractivity contribution >= 4 is 17.2 Å². The Hall–Kier alpha value is -2.54. The van der Waals surface area contributed by atoms with E-state index in [0.717, 1.165) is 24.1 Å². The van der Waals surface area contributed by atoms with Crippen LogP contribution in [0.15, 0.2) is 64.8 Å². The second-order valence-corrected chi connectivity index (χ2v) is 7.50. The highest BCUT2D eigenvalue weighted by Gasteiger charge is 2.29. The number of thiophene rings is 1. The summed E-state index contributed by atoms with van der Waals surface area (Å²) in [5, 5.41) is 2.00. The summed E-state index contributed by atoms with van der Waals surface area (Å²) in [6.45, 7) is 1.03. The van der Waals surface area contributed by atoms with Crippen LogP contribution in [-0.4, -0.2) is 17.4 Å². The Balaban J connectivity index is 1.59. The standard InChI is InChI=1S/C21H20F3NO2S/c22-21(23,24)18-6-3-16(4-7-18)5-8-20(26)25(14-17-10-12-27-15-17)11-9-19-2-1-13-28-19/h1-4,6-7,10,12-13,15H,5,8-9,11,14H2. The van der Waals surface area contributed by atoms with Crippen molar-refractivity contribution in [3.05, 3.63) is 81.9 Å². The number of hydrogen-bond donors (Lipinski definition) is 0. The van der Waals surface area contributed by atoms with Crippen LogP contribution in [0.1, 0.15) is 28.0 Å². The predicted molar refractivity (Wildman–Crippen MR) is 102 cm³/mol. The van der Waals surface area contributed by atoms with Crippen LogP contribution in [0.2, 0.25) is 0 Å². The van der Waals surface area contributed by atoms with Crippen molar-refractivity contribution in [2.24, 2.45) is 0 Å². The second kappa shape index (κ2) is 9.10. The molecule has 0 unspecified atom stereocenters. The average molecular weight is 407 g/mol. The van der Waals surface area contributed by atoms with E-state index in [-0.39, 0.29) is 12.3 Å². The number of carbonyl (C=O) groups is 1. The van der Waals surface area contributed by atoms with Gasteiger partial charge < -0.3 is 9.32 Å². The lowest BCUT2D eigenvalue weighted by molar-refractivity contribution is -0.137. The van der Waals surface area contributed by atoms with Crippen molar-refractivity contribution in [3.8, 4) is 0 Å². The zero-order valence-corrected chi connectivity index (χ0v) is 15.9. The molecular weight excluding hydrogens is 387 g/mol. The van der Waals surface area contributed by atoms with Gasteiger partial charge in [0.1, 0.15) is 0 Å². The largest absolute Gasteiger partial charge is 0.472 e. The zero-order chi connectivity index (χ0) is 20.0. The van der Waals surface area contributed by atoms with Crippen LogP contribution in [0, 0.1) is 0 Å². The SMILES string of the molecule is O=C(CCc1ccc(C(F)(F)F)cc1)N(CCc1cccs1)Cc1ccoc1. The first-order valence-corrected chi connectivity index (χ1v) is 9.77. The number of benzene rings is 1. The molecule has 1 aromatic carbocycles. The second-order valence-electron chi connectivity index (χ2n) is 6.47. The van der Waals surface area contributed by atoms with Crippen LogP contribution in [-0.2, 0) is 30.4 Å². The third-order valence-electron chi connectivity index (χ3n) is 4.42. The maximum Gasteiger partial charge on any atom is 0.416 e. The van der Waals surface area contributed by atoms with Gasteiger partial charge in [0.25, 0.3) is 0 Å². The summed E-state index contributed by atoms with van der Waals surface area (Å²) in [4.78, 5) is 15.7. The predicted octanol–water partition coefficient (Wildman–Crippen LogP) is 5.56. The van der Waals surface area contributed by atoms with E-state index in [2.05, 4.69) is 0 Å². The fourth-order valence-corrected chi connectivity index (χ4v) is 3.56. The maximum atomic E-state index is 12.7. The van der Waals surface area contributed by atoms with Gasteiger partial charge in [0.05, 0.1) is 18.1 Å². The molecule has 3 nitrogen and oxygen atoms in total. The molecule has 0 saturated carbocycles. The van der Waals surface area contributed by atoms with Crippen molar-refractivity contribution < 1.29 is 22.4 Å². The Morgan fingerprint density at radius 3 is 2.43 bits per heavy atom. The molecule has 0 N–H and O–H groups in total. The van der Waals surface area contributed by atoms with Gasteiger partial charge in [0.15, 0.2) is 0 Å². The topological polar surface area (TPSA) is 33.5 Å². The molecule has 0 aliphatic heterocycles. The molecule has 148 valence electrons. The smallest absolute Gasteiger partial charge is 0.416 e. The van der Waals surface area contributed by atoms with Gasteiger partial charge in [-0.2, -0.15) is 13.2 Å². The van der Waals surface area contributed by atoms with E-state index in [1.165, 1.54) is 17.0 Å². The number of rotatable bonds is 8. The van der Waals surface area contributed by atoms with Gasteiger partial charge in [-0.1, -0.05) is 18.2 Å². The van der Waals surface area contributed by atoms with Gasteiger partial charge in [-0.15, -0.1) is 11.3 Å². The number of aryl methyl sites for hydroxylation is 1. The van der Waals surface area contributed by atoms with Gasteiger partial charge in [0, 0.05) is 30.0 Å². The monoisotopic (exact) mass is 407 g/mol. The summed E-state index contributed by atoms with van der Waals surface area (Å²) in [7, 11) is 0. The molecule has 0 aliphatic carbocycles. The summed E-state index contributed by atoms with van der Waals surface area (Å²) in [6, 6.07) is 10.8. The van der Waals surface area contributed by atoms with Crippen molar-refractivity contribution in [3.63, 3.8) is 0 Å². The number of furan rings is 1. The molecule has 2 heterocycles. The molecule has 0 bridgehead atoms. The van der Waals surface area contributed by atoms with Crippen molar-refractivity contribution in [1.29, 1.82) is 0 Å². The van der Waals surface area contributed by atoms with Crippen LogP contribution in [0.25, 0.3) is 0 Å². The quantitative estimate of drug-likeness (QED) is 0.490. The minimum Gasteiger partial charge on any atom is -0.472 e. The summed E-state index contributed by atoms with van der Waals surface area (Å²) in [5.41, 5.74) is 0.942. The lowest BCUT2D eigenvalue weighted by atomic mass is 10.1. The molecule has 1 amide bonds. The van der Waals surface area contributed by atoms with Gasteiger partial charge >= 0.3 is 6.18 Å². The number of hydrogen-bond acceptors (Lipinski definition) is 3. The summed E-state index contributed by atoms with van der Waals surface area (Å²) in [5.74, 6) is -0.0299. The van der Waals surface area contributed by atoms with Crippen molar-refractivity contribution in [2.45, 2.75) is 32.0 Å². The summed E-state index contributed by atoms with van der Waals surface area (Å²) >= 11 is 1.65. The van der Waals surface area contributed by atoms with E-state index in [1.807, 2.05) is 23.6 Å². The van der Waals surface area contributed by atoms with E-state index in [4.69, 9.17) is 4.42 Å². The van der Waals surface area contributed by atoms with Crippen LogP contribution in [0.4, 0.5) is 13.2 Å². The van der Waals surface area contributed by atoms with E-state index < -0.39 is 11.7 Å². The molecule has 7 heteroatoms. The average Bonchev–Trinajstić information content (AvgIpc) is 3.36. The highest BCUT2D eigenvalue weighted by atomic mass is 32.1. The molecule has 2 aromatic heterocycles. The van der Waals surface area contributed by atoms with Gasteiger partial charge in [0.2, 0.25) is 5.91 Å². The molecule has 3 aromatic rings. The third-order valence-corrected chi connectivity index (χ3v) is 5.36. The maximum absolute atomic E-state index is 12.7. The lowest BCUT2D eigenvalue weighted by Crippen LogP contribution is -2.32. The van der Waals surface area contributed by atoms with E-state index in [0.29, 0.717) is 25.1 Å². The normalized spacial score (nSPS) is 11.5. The summed E-state index contributed by atoms with van der Waals surface area (Å²) < 4.78 is 43.0. The molecule has 0 spiro atoms. The molecule has 0 fully saturated rings. The molecule has 0 radical (unpaired) electrons. The first-order chi connectivity index (χ1) is 13.4. The zero-order valence-electron chi connectivity index (χ0n) is 15.1. The first kappa shape index (κ1) is 20.2. The summed E-state index contributed by atoms with van der Waals surface area (Å²) in [6.07, 6.45) is 0.241. The fourth-order valence-electron chi connectivity index (χ4n) is 2.86. The molecule has 0 atom stereocenters. The Morgan fingerprint density at radius 1 is 1.04 bits per heavy atom. The van der Waals surface area contributed by atoms with Crippen molar-refractivity contribution in [1.82, 2.24) is 4.90 Å². The number of nitrogens with zero attached hydrogens (tertiary/aromatic N) is 1. The minimum atomic E-state index is -4.35. The van der Waals surface area contributed by atoms with E-state index in [9.17, 15) is 18.0 Å². The first-order valence-electron chi connectivity index (χ1n) is 8.89. The van der Waals surface area contributed by atoms with Crippen LogP contribution in [0.5, 0.6) is 0 Å². The Labute approximate surface area is 165 Å². The Morgan fingerprint density at radius 2 is 1.82 bits per heavy atom. The van der Waals surface area contributed by atoms with Crippen LogP contribution in [0.3, 0.4) is 0 Å². The number of carbonyl (C=O) groups excluding carboxylic acids is 1. The van der Waals surface area contributed by atoms with Crippen LogP contribution < -0.4 is 0 Å². The Kier molecular flexibility index (Phi) is 6.57. The van der Waals surface area contributed by atoms with Crippen LogP contribution >= 0.6 is 11.3 Å². The molecule has 28 heavy (non-hydrogen) atoms. The highest BCUT2D eigenvalue weighted by Crippen LogP contribution is 2.29. The number of halogens is 3. The molecule has 0 saturated heterocycles. The fraction of sp³-hybridized carbons (Fsp3) is 0.286. The molecular formula is C21H20F3NO2S. The third kappa shape index (κ3) is 5.73.